The zero-order valence-electron chi connectivity index (χ0n) is 8.85. The van der Waals surface area contributed by atoms with Gasteiger partial charge in [-0.1, -0.05) is 30.3 Å². The van der Waals surface area contributed by atoms with Gasteiger partial charge >= 0.3 is 6.08 Å². The van der Waals surface area contributed by atoms with E-state index in [-0.39, 0.29) is 6.04 Å². The molecule has 1 atom stereocenters. The van der Waals surface area contributed by atoms with E-state index in [0.717, 1.165) is 6.42 Å². The fourth-order valence-corrected chi connectivity index (χ4v) is 1.58. The van der Waals surface area contributed by atoms with E-state index in [2.05, 4.69) is 17.1 Å². The van der Waals surface area contributed by atoms with E-state index in [9.17, 15) is 0 Å². The minimum atomic E-state index is 0.203. The largest absolute Gasteiger partial charge is 0.451 e. The first kappa shape index (κ1) is 10.0. The predicted octanol–water partition coefficient (Wildman–Crippen LogP) is 2.02. The number of nitrogens with zero attached hydrogens (tertiary/aromatic N) is 1. The quantitative estimate of drug-likeness (QED) is 0.755. The molecule has 0 fully saturated rings. The molecule has 0 aliphatic carbocycles. The molecule has 80 valence electrons. The van der Waals surface area contributed by atoms with Crippen molar-refractivity contribution in [1.82, 2.24) is 0 Å². The summed E-state index contributed by atoms with van der Waals surface area (Å²) in [6.07, 6.45) is 1.36. The molecule has 1 heterocycles. The lowest BCUT2D eigenvalue weighted by Crippen LogP contribution is -2.09. The summed E-state index contributed by atoms with van der Waals surface area (Å²) in [6.45, 7) is 3.16. The van der Waals surface area contributed by atoms with Crippen molar-refractivity contribution in [2.75, 3.05) is 13.2 Å². The van der Waals surface area contributed by atoms with E-state index in [1.54, 1.807) is 0 Å². The smallest absolute Gasteiger partial charge is 0.383 e. The highest BCUT2D eigenvalue weighted by atomic mass is 16.7. The van der Waals surface area contributed by atoms with Gasteiger partial charge in [0.1, 0.15) is 6.61 Å². The molecule has 2 rings (SSSR count). The van der Waals surface area contributed by atoms with Gasteiger partial charge in [0.25, 0.3) is 0 Å². The summed E-state index contributed by atoms with van der Waals surface area (Å²) < 4.78 is 10.5. The van der Waals surface area contributed by atoms with Crippen LogP contribution in [0.2, 0.25) is 0 Å². The Kier molecular flexibility index (Phi) is 3.22. The van der Waals surface area contributed by atoms with Gasteiger partial charge in [0.05, 0.1) is 12.6 Å². The van der Waals surface area contributed by atoms with Crippen molar-refractivity contribution >= 4 is 6.08 Å². The molecule has 0 saturated carbocycles. The Bertz CT molecular complexity index is 335. The van der Waals surface area contributed by atoms with Crippen molar-refractivity contribution < 1.29 is 9.47 Å². The predicted molar refractivity (Wildman–Crippen MR) is 58.9 cm³/mol. The third-order valence-corrected chi connectivity index (χ3v) is 2.27. The molecule has 0 radical (unpaired) electrons. The van der Waals surface area contributed by atoms with Crippen molar-refractivity contribution in [3.05, 3.63) is 35.9 Å². The topological polar surface area (TPSA) is 30.8 Å². The minimum Gasteiger partial charge on any atom is -0.451 e. The van der Waals surface area contributed by atoms with Crippen LogP contribution in [0.3, 0.4) is 0 Å². The summed E-state index contributed by atoms with van der Waals surface area (Å²) in [6, 6.07) is 10.5. The average Bonchev–Trinajstić information content (AvgIpc) is 2.68. The van der Waals surface area contributed by atoms with Gasteiger partial charge in [-0.2, -0.15) is 0 Å². The van der Waals surface area contributed by atoms with Gasteiger partial charge in [0.15, 0.2) is 0 Å². The van der Waals surface area contributed by atoms with Crippen LogP contribution in [-0.2, 0) is 15.9 Å². The molecule has 1 aliphatic heterocycles. The molecule has 0 unspecified atom stereocenters. The molecule has 3 heteroatoms. The third kappa shape index (κ3) is 2.72. The first-order chi connectivity index (χ1) is 7.38. The summed E-state index contributed by atoms with van der Waals surface area (Å²) in [7, 11) is 0. The maximum Gasteiger partial charge on any atom is 0.383 e. The van der Waals surface area contributed by atoms with Gasteiger partial charge in [-0.25, -0.2) is 4.99 Å². The third-order valence-electron chi connectivity index (χ3n) is 2.27. The van der Waals surface area contributed by atoms with Crippen molar-refractivity contribution in [1.29, 1.82) is 0 Å². The SMILES string of the molecule is CCOC1=N[C@@H](Cc2ccccc2)CO1. The molecular weight excluding hydrogens is 190 g/mol. The molecular formula is C12H15NO2. The highest BCUT2D eigenvalue weighted by Crippen LogP contribution is 2.11. The van der Waals surface area contributed by atoms with E-state index in [1.807, 2.05) is 25.1 Å². The maximum absolute atomic E-state index is 5.31. The van der Waals surface area contributed by atoms with E-state index >= 15 is 0 Å². The van der Waals surface area contributed by atoms with Gasteiger partial charge in [-0.05, 0) is 18.9 Å². The Labute approximate surface area is 89.7 Å². The van der Waals surface area contributed by atoms with Crippen LogP contribution in [0.5, 0.6) is 0 Å². The maximum atomic E-state index is 5.31. The normalized spacial score (nSPS) is 19.5. The monoisotopic (exact) mass is 205 g/mol. The van der Waals surface area contributed by atoms with Crippen LogP contribution >= 0.6 is 0 Å². The number of aliphatic imine (C=N–C) groups is 1. The van der Waals surface area contributed by atoms with Gasteiger partial charge in [-0.3, -0.25) is 0 Å². The number of hydrogen-bond donors (Lipinski definition) is 0. The van der Waals surface area contributed by atoms with E-state index in [0.29, 0.717) is 19.3 Å². The highest BCUT2D eigenvalue weighted by molar-refractivity contribution is 5.68. The summed E-state index contributed by atoms with van der Waals surface area (Å²) in [5.74, 6) is 0. The second-order valence-electron chi connectivity index (χ2n) is 3.48. The van der Waals surface area contributed by atoms with E-state index < -0.39 is 0 Å². The average molecular weight is 205 g/mol. The summed E-state index contributed by atoms with van der Waals surface area (Å²) in [5, 5.41) is 0. The molecule has 0 saturated heterocycles. The molecule has 0 bridgehead atoms. The molecule has 0 N–H and O–H groups in total. The molecule has 1 aromatic rings. The van der Waals surface area contributed by atoms with E-state index in [1.165, 1.54) is 5.56 Å². The van der Waals surface area contributed by atoms with Gasteiger partial charge in [0.2, 0.25) is 0 Å². The molecule has 1 aliphatic rings. The first-order valence-corrected chi connectivity index (χ1v) is 5.26. The minimum absolute atomic E-state index is 0.203. The van der Waals surface area contributed by atoms with Crippen molar-refractivity contribution in [3.8, 4) is 0 Å². The Hall–Kier alpha value is -1.51. The van der Waals surface area contributed by atoms with Crippen LogP contribution in [0, 0.1) is 0 Å². The fourth-order valence-electron chi connectivity index (χ4n) is 1.58. The summed E-state index contributed by atoms with van der Waals surface area (Å²) in [4.78, 5) is 4.35. The Morgan fingerprint density at radius 2 is 2.20 bits per heavy atom. The van der Waals surface area contributed by atoms with E-state index in [4.69, 9.17) is 9.47 Å². The number of hydrogen-bond acceptors (Lipinski definition) is 3. The summed E-state index contributed by atoms with van der Waals surface area (Å²) in [5.41, 5.74) is 1.28. The van der Waals surface area contributed by atoms with Crippen molar-refractivity contribution in [2.45, 2.75) is 19.4 Å². The Balaban J connectivity index is 1.92. The zero-order valence-corrected chi connectivity index (χ0v) is 8.85. The molecule has 1 aromatic carbocycles. The Morgan fingerprint density at radius 3 is 2.93 bits per heavy atom. The highest BCUT2D eigenvalue weighted by Gasteiger charge is 2.19. The van der Waals surface area contributed by atoms with Crippen LogP contribution in [0.4, 0.5) is 0 Å². The molecule has 0 spiro atoms. The number of benzene rings is 1. The van der Waals surface area contributed by atoms with Crippen LogP contribution in [0.15, 0.2) is 35.3 Å². The number of ether oxygens (including phenoxy) is 2. The summed E-state index contributed by atoms with van der Waals surface area (Å²) >= 11 is 0. The Morgan fingerprint density at radius 1 is 1.40 bits per heavy atom. The number of rotatable bonds is 3. The van der Waals surface area contributed by atoms with Gasteiger partial charge in [-0.15, -0.1) is 0 Å². The molecule has 0 amide bonds. The van der Waals surface area contributed by atoms with Crippen LogP contribution in [0.25, 0.3) is 0 Å². The first-order valence-electron chi connectivity index (χ1n) is 5.26. The molecule has 0 aromatic heterocycles. The van der Waals surface area contributed by atoms with Crippen LogP contribution < -0.4 is 0 Å². The lowest BCUT2D eigenvalue weighted by atomic mass is 10.1. The molecule has 3 nitrogen and oxygen atoms in total. The van der Waals surface area contributed by atoms with Crippen molar-refractivity contribution in [2.24, 2.45) is 4.99 Å². The zero-order chi connectivity index (χ0) is 10.5. The lowest BCUT2D eigenvalue weighted by Gasteiger charge is -2.03. The van der Waals surface area contributed by atoms with Crippen LogP contribution in [-0.4, -0.2) is 25.3 Å². The van der Waals surface area contributed by atoms with Gasteiger partial charge < -0.3 is 9.47 Å². The standard InChI is InChI=1S/C12H15NO2/c1-2-14-12-13-11(9-15-12)8-10-6-4-3-5-7-10/h3-7,11H,2,8-9H2,1H3/t11-/m0/s1. The second-order valence-corrected chi connectivity index (χ2v) is 3.48. The van der Waals surface area contributed by atoms with Gasteiger partial charge in [0, 0.05) is 0 Å². The lowest BCUT2D eigenvalue weighted by molar-refractivity contribution is 0.193. The molecule has 15 heavy (non-hydrogen) atoms. The van der Waals surface area contributed by atoms with Crippen molar-refractivity contribution in [3.63, 3.8) is 0 Å². The second kappa shape index (κ2) is 4.82. The fraction of sp³-hybridized carbons (Fsp3) is 0.417. The van der Waals surface area contributed by atoms with Crippen LogP contribution in [0.1, 0.15) is 12.5 Å².